The van der Waals surface area contributed by atoms with Gasteiger partial charge >= 0.3 is 0 Å². The summed E-state index contributed by atoms with van der Waals surface area (Å²) in [4.78, 5) is 12.7. The van der Waals surface area contributed by atoms with Gasteiger partial charge in [0.15, 0.2) is 0 Å². The normalized spacial score (nSPS) is 20.3. The average molecular weight is 368 g/mol. The van der Waals surface area contributed by atoms with Gasteiger partial charge < -0.3 is 20.5 Å². The fraction of sp³-hybridized carbons (Fsp3) is 0.409. The van der Waals surface area contributed by atoms with Crippen molar-refractivity contribution in [1.82, 2.24) is 5.32 Å². The smallest absolute Gasteiger partial charge is 0.249 e. The summed E-state index contributed by atoms with van der Waals surface area (Å²) in [5.74, 6) is 0.762. The summed E-state index contributed by atoms with van der Waals surface area (Å²) >= 11 is 0. The number of benzene rings is 2. The number of nitrogens with two attached hydrogens (primary N) is 1. The summed E-state index contributed by atoms with van der Waals surface area (Å²) in [6, 6.07) is 15.7. The fourth-order valence-electron chi connectivity index (χ4n) is 3.44. The standard InChI is InChI=1S/C22H28N2O3/c1-15-7-6-8-16(2)21(15)26-14-19(17-9-4-3-5-10-17)24-22(25)20-12-11-18(13-23)27-20/h3-10,18-20H,11-14,23H2,1-2H3,(H,24,25)/t18-,19?,20+/m1/s1. The summed E-state index contributed by atoms with van der Waals surface area (Å²) in [7, 11) is 0. The molecule has 3 atom stereocenters. The Morgan fingerprint density at radius 1 is 1.15 bits per heavy atom. The van der Waals surface area contributed by atoms with E-state index in [1.54, 1.807) is 0 Å². The molecule has 144 valence electrons. The molecule has 1 saturated heterocycles. The van der Waals surface area contributed by atoms with Crippen LogP contribution in [0.4, 0.5) is 0 Å². The number of para-hydroxylation sites is 1. The largest absolute Gasteiger partial charge is 0.491 e. The molecule has 0 radical (unpaired) electrons. The van der Waals surface area contributed by atoms with Crippen LogP contribution in [0.25, 0.3) is 0 Å². The molecule has 2 aromatic rings. The lowest BCUT2D eigenvalue weighted by Crippen LogP contribution is -2.39. The van der Waals surface area contributed by atoms with Crippen LogP contribution in [0.3, 0.4) is 0 Å². The molecule has 0 saturated carbocycles. The first-order valence-electron chi connectivity index (χ1n) is 9.48. The Bertz CT molecular complexity index is 743. The molecular weight excluding hydrogens is 340 g/mol. The van der Waals surface area contributed by atoms with Crippen molar-refractivity contribution in [1.29, 1.82) is 0 Å². The number of rotatable bonds is 7. The summed E-state index contributed by atoms with van der Waals surface area (Å²) in [5.41, 5.74) is 8.82. The Balaban J connectivity index is 1.71. The Morgan fingerprint density at radius 2 is 1.85 bits per heavy atom. The minimum Gasteiger partial charge on any atom is -0.491 e. The molecule has 1 unspecified atom stereocenters. The third-order valence-corrected chi connectivity index (χ3v) is 4.98. The van der Waals surface area contributed by atoms with E-state index in [4.69, 9.17) is 15.2 Å². The lowest BCUT2D eigenvalue weighted by atomic mass is 10.1. The van der Waals surface area contributed by atoms with Crippen molar-refractivity contribution in [3.05, 3.63) is 65.2 Å². The third-order valence-electron chi connectivity index (χ3n) is 4.98. The molecule has 0 bridgehead atoms. The Labute approximate surface area is 160 Å². The van der Waals surface area contributed by atoms with E-state index in [0.29, 0.717) is 19.6 Å². The number of hydrogen-bond donors (Lipinski definition) is 2. The van der Waals surface area contributed by atoms with Gasteiger partial charge in [-0.25, -0.2) is 0 Å². The van der Waals surface area contributed by atoms with E-state index in [9.17, 15) is 4.79 Å². The van der Waals surface area contributed by atoms with Gasteiger partial charge in [0, 0.05) is 6.54 Å². The number of hydrogen-bond acceptors (Lipinski definition) is 4. The van der Waals surface area contributed by atoms with E-state index in [1.807, 2.05) is 62.4 Å². The van der Waals surface area contributed by atoms with Gasteiger partial charge in [0.1, 0.15) is 18.5 Å². The second-order valence-electron chi connectivity index (χ2n) is 7.06. The van der Waals surface area contributed by atoms with Crippen molar-refractivity contribution >= 4 is 5.91 Å². The highest BCUT2D eigenvalue weighted by molar-refractivity contribution is 5.81. The first-order valence-corrected chi connectivity index (χ1v) is 9.48. The molecule has 1 fully saturated rings. The number of amides is 1. The first-order chi connectivity index (χ1) is 13.1. The maximum absolute atomic E-state index is 12.7. The summed E-state index contributed by atoms with van der Waals surface area (Å²) < 4.78 is 11.8. The van der Waals surface area contributed by atoms with Gasteiger partial charge in [0.05, 0.1) is 12.1 Å². The minimum atomic E-state index is -0.440. The van der Waals surface area contributed by atoms with Gasteiger partial charge in [-0.05, 0) is 43.4 Å². The van der Waals surface area contributed by atoms with Crippen LogP contribution < -0.4 is 15.8 Å². The Hall–Kier alpha value is -2.37. The Morgan fingerprint density at radius 3 is 2.48 bits per heavy atom. The average Bonchev–Trinajstić information content (AvgIpc) is 3.16. The van der Waals surface area contributed by atoms with Gasteiger partial charge in [-0.2, -0.15) is 0 Å². The Kier molecular flexibility index (Phi) is 6.48. The molecule has 1 aliphatic rings. The molecule has 5 heteroatoms. The molecule has 2 aromatic carbocycles. The number of carbonyl (C=O) groups is 1. The number of aryl methyl sites for hydroxylation is 2. The number of nitrogens with one attached hydrogen (secondary N) is 1. The van der Waals surface area contributed by atoms with Crippen molar-refractivity contribution < 1.29 is 14.3 Å². The van der Waals surface area contributed by atoms with Crippen molar-refractivity contribution in [2.75, 3.05) is 13.2 Å². The van der Waals surface area contributed by atoms with E-state index in [1.165, 1.54) is 0 Å². The second-order valence-corrected chi connectivity index (χ2v) is 7.06. The SMILES string of the molecule is Cc1cccc(C)c1OCC(NC(=O)[C@@H]1CC[C@H](CN)O1)c1ccccc1. The maximum atomic E-state index is 12.7. The highest BCUT2D eigenvalue weighted by atomic mass is 16.5. The molecule has 1 aliphatic heterocycles. The molecule has 27 heavy (non-hydrogen) atoms. The second kappa shape index (κ2) is 9.02. The van der Waals surface area contributed by atoms with Crippen LogP contribution in [-0.2, 0) is 9.53 Å². The molecule has 5 nitrogen and oxygen atoms in total. The van der Waals surface area contributed by atoms with Crippen LogP contribution in [0.1, 0.15) is 35.6 Å². The predicted octanol–water partition coefficient (Wildman–Crippen LogP) is 3.05. The molecule has 3 N–H and O–H groups in total. The molecule has 3 rings (SSSR count). The molecule has 0 aliphatic carbocycles. The highest BCUT2D eigenvalue weighted by Crippen LogP contribution is 2.25. The zero-order chi connectivity index (χ0) is 19.2. The van der Waals surface area contributed by atoms with Crippen molar-refractivity contribution in [3.63, 3.8) is 0 Å². The van der Waals surface area contributed by atoms with Gasteiger partial charge in [0.25, 0.3) is 0 Å². The van der Waals surface area contributed by atoms with Crippen LogP contribution in [0, 0.1) is 13.8 Å². The van der Waals surface area contributed by atoms with Gasteiger partial charge in [0.2, 0.25) is 5.91 Å². The van der Waals surface area contributed by atoms with E-state index >= 15 is 0 Å². The minimum absolute atomic E-state index is 0.0261. The third kappa shape index (κ3) is 4.87. The highest BCUT2D eigenvalue weighted by Gasteiger charge is 2.31. The molecular formula is C22H28N2O3. The lowest BCUT2D eigenvalue weighted by Gasteiger charge is -2.23. The van der Waals surface area contributed by atoms with Crippen LogP contribution in [0.2, 0.25) is 0 Å². The summed E-state index contributed by atoms with van der Waals surface area (Å²) in [6.45, 7) is 4.85. The van der Waals surface area contributed by atoms with E-state index in [-0.39, 0.29) is 18.1 Å². The molecule has 0 spiro atoms. The maximum Gasteiger partial charge on any atom is 0.249 e. The molecule has 1 heterocycles. The van der Waals surface area contributed by atoms with Crippen LogP contribution in [0.5, 0.6) is 5.75 Å². The first kappa shape index (κ1) is 19.4. The predicted molar refractivity (Wildman–Crippen MR) is 106 cm³/mol. The summed E-state index contributed by atoms with van der Waals surface area (Å²) in [5, 5.41) is 3.10. The lowest BCUT2D eigenvalue weighted by molar-refractivity contribution is -0.132. The molecule has 0 aromatic heterocycles. The van der Waals surface area contributed by atoms with Crippen LogP contribution in [0.15, 0.2) is 48.5 Å². The van der Waals surface area contributed by atoms with Gasteiger partial charge in [-0.1, -0.05) is 48.5 Å². The zero-order valence-electron chi connectivity index (χ0n) is 16.0. The van der Waals surface area contributed by atoms with Crippen LogP contribution in [-0.4, -0.2) is 31.3 Å². The number of carbonyl (C=O) groups excluding carboxylic acids is 1. The molecule has 1 amide bonds. The van der Waals surface area contributed by atoms with Gasteiger partial charge in [-0.3, -0.25) is 4.79 Å². The van der Waals surface area contributed by atoms with E-state index < -0.39 is 6.10 Å². The van der Waals surface area contributed by atoms with Gasteiger partial charge in [-0.15, -0.1) is 0 Å². The quantitative estimate of drug-likeness (QED) is 0.788. The van der Waals surface area contributed by atoms with Crippen molar-refractivity contribution in [3.8, 4) is 5.75 Å². The summed E-state index contributed by atoms with van der Waals surface area (Å²) in [6.07, 6.45) is 1.06. The topological polar surface area (TPSA) is 73.6 Å². The zero-order valence-corrected chi connectivity index (χ0v) is 16.0. The van der Waals surface area contributed by atoms with Crippen molar-refractivity contribution in [2.24, 2.45) is 5.73 Å². The van der Waals surface area contributed by atoms with Crippen LogP contribution >= 0.6 is 0 Å². The van der Waals surface area contributed by atoms with Crippen molar-refractivity contribution in [2.45, 2.75) is 44.9 Å². The van der Waals surface area contributed by atoms with E-state index in [0.717, 1.165) is 28.9 Å². The monoisotopic (exact) mass is 368 g/mol. The number of ether oxygens (including phenoxy) is 2. The fourth-order valence-corrected chi connectivity index (χ4v) is 3.44. The van der Waals surface area contributed by atoms with E-state index in [2.05, 4.69) is 5.32 Å².